The fraction of sp³-hybridized carbons (Fsp3) is 0.750. The normalized spacial score (nSPS) is 38.9. The van der Waals surface area contributed by atoms with Crippen LogP contribution in [0.15, 0.2) is 11.6 Å². The van der Waals surface area contributed by atoms with Crippen molar-refractivity contribution >= 4 is 35.8 Å². The standard InChI is InChI=1S/C32H46O14/c1-10-11-25(37)45-22-12-15(2)13-24-32(40,31(9,39)29(38)46-24)28(44-20(7)36)26-16(3)21(41-17(4)33)14-23(42-18(5)34)30(26,8)27(22)43-19(6)35/h13,16,21-24,26-28,39-40H,10-12,14H2,1-9H3. The smallest absolute Gasteiger partial charge is 0.341 e. The fourth-order valence-electron chi connectivity index (χ4n) is 7.46. The van der Waals surface area contributed by atoms with Gasteiger partial charge in [-0.3, -0.25) is 24.0 Å². The molecule has 2 fully saturated rings. The average Bonchev–Trinajstić information content (AvgIpc) is 3.07. The summed E-state index contributed by atoms with van der Waals surface area (Å²) in [6, 6.07) is 0. The number of ether oxygens (including phenoxy) is 6. The Hall–Kier alpha value is -3.52. The van der Waals surface area contributed by atoms with Crippen LogP contribution < -0.4 is 0 Å². The molecule has 2 aliphatic carbocycles. The van der Waals surface area contributed by atoms with Crippen LogP contribution in [-0.4, -0.2) is 93.9 Å². The Morgan fingerprint density at radius 2 is 1.41 bits per heavy atom. The maximum absolute atomic E-state index is 13.2. The number of esters is 6. The summed E-state index contributed by atoms with van der Waals surface area (Å²) in [5.41, 5.74) is -6.65. The van der Waals surface area contributed by atoms with Crippen molar-refractivity contribution in [1.29, 1.82) is 0 Å². The molecular weight excluding hydrogens is 608 g/mol. The molecule has 0 radical (unpaired) electrons. The van der Waals surface area contributed by atoms with Crippen molar-refractivity contribution in [3.05, 3.63) is 11.6 Å². The number of carbonyl (C=O) groups excluding carboxylic acids is 6. The SMILES string of the molecule is CCCC(=O)OC1CC(C)=CC2OC(=O)C(C)(O)C2(O)C(OC(C)=O)C2C(C)C(OC(C)=O)CC(OC(C)=O)C2(C)C1OC(C)=O. The Morgan fingerprint density at radius 1 is 0.870 bits per heavy atom. The van der Waals surface area contributed by atoms with Crippen LogP contribution in [-0.2, 0) is 57.2 Å². The molecule has 258 valence electrons. The highest BCUT2D eigenvalue weighted by molar-refractivity contribution is 5.84. The Morgan fingerprint density at radius 3 is 1.93 bits per heavy atom. The molecular formula is C32H46O14. The van der Waals surface area contributed by atoms with Crippen LogP contribution in [0.2, 0.25) is 0 Å². The second-order valence-corrected chi connectivity index (χ2v) is 13.0. The minimum atomic E-state index is -2.68. The molecule has 0 aromatic carbocycles. The highest BCUT2D eigenvalue weighted by Crippen LogP contribution is 2.58. The van der Waals surface area contributed by atoms with Gasteiger partial charge in [0.2, 0.25) is 0 Å². The summed E-state index contributed by atoms with van der Waals surface area (Å²) < 4.78 is 34.7. The van der Waals surface area contributed by atoms with Crippen LogP contribution in [0.5, 0.6) is 0 Å². The van der Waals surface area contributed by atoms with Crippen molar-refractivity contribution in [3.8, 4) is 0 Å². The van der Waals surface area contributed by atoms with E-state index in [1.807, 2.05) is 0 Å². The van der Waals surface area contributed by atoms with Crippen molar-refractivity contribution < 1.29 is 67.4 Å². The van der Waals surface area contributed by atoms with E-state index in [1.165, 1.54) is 13.0 Å². The lowest BCUT2D eigenvalue weighted by atomic mass is 9.52. The van der Waals surface area contributed by atoms with Crippen molar-refractivity contribution in [3.63, 3.8) is 0 Å². The van der Waals surface area contributed by atoms with E-state index in [0.29, 0.717) is 12.0 Å². The molecule has 11 unspecified atom stereocenters. The van der Waals surface area contributed by atoms with Crippen LogP contribution in [0.1, 0.15) is 88.0 Å². The largest absolute Gasteiger partial charge is 0.462 e. The molecule has 14 heteroatoms. The van der Waals surface area contributed by atoms with Crippen molar-refractivity contribution in [2.24, 2.45) is 17.3 Å². The zero-order valence-corrected chi connectivity index (χ0v) is 27.8. The summed E-state index contributed by atoms with van der Waals surface area (Å²) in [4.78, 5) is 76.7. The first-order valence-electron chi connectivity index (χ1n) is 15.4. The van der Waals surface area contributed by atoms with E-state index in [2.05, 4.69) is 0 Å². The number of fused-ring (bicyclic) bond motifs is 2. The number of aliphatic hydroxyl groups is 2. The number of carbonyl (C=O) groups is 6. The van der Waals surface area contributed by atoms with E-state index >= 15 is 0 Å². The Labute approximate surface area is 268 Å². The van der Waals surface area contributed by atoms with Gasteiger partial charge in [-0.05, 0) is 26.3 Å². The molecule has 46 heavy (non-hydrogen) atoms. The van der Waals surface area contributed by atoms with Gasteiger partial charge < -0.3 is 38.6 Å². The molecule has 1 saturated carbocycles. The lowest BCUT2D eigenvalue weighted by Crippen LogP contribution is -2.73. The number of rotatable bonds is 7. The summed E-state index contributed by atoms with van der Waals surface area (Å²) in [7, 11) is 0. The number of hydrogen-bond acceptors (Lipinski definition) is 14. The van der Waals surface area contributed by atoms with Gasteiger partial charge in [-0.2, -0.15) is 0 Å². The topological polar surface area (TPSA) is 198 Å². The highest BCUT2D eigenvalue weighted by Gasteiger charge is 2.75. The van der Waals surface area contributed by atoms with Gasteiger partial charge >= 0.3 is 35.8 Å². The predicted molar refractivity (Wildman–Crippen MR) is 156 cm³/mol. The second-order valence-electron chi connectivity index (χ2n) is 13.0. The van der Waals surface area contributed by atoms with Gasteiger partial charge in [-0.15, -0.1) is 0 Å². The van der Waals surface area contributed by atoms with Crippen LogP contribution in [0, 0.1) is 17.3 Å². The molecule has 1 saturated heterocycles. The molecule has 2 N–H and O–H groups in total. The van der Waals surface area contributed by atoms with E-state index in [4.69, 9.17) is 28.4 Å². The second kappa shape index (κ2) is 13.7. The summed E-state index contributed by atoms with van der Waals surface area (Å²) in [6.45, 7) is 12.1. The van der Waals surface area contributed by atoms with Gasteiger partial charge in [-0.1, -0.05) is 26.3 Å². The van der Waals surface area contributed by atoms with E-state index in [9.17, 15) is 39.0 Å². The molecule has 0 amide bonds. The third kappa shape index (κ3) is 6.78. The number of hydrogen-bond donors (Lipinski definition) is 2. The van der Waals surface area contributed by atoms with Gasteiger partial charge in [0, 0.05) is 58.8 Å². The van der Waals surface area contributed by atoms with Crippen molar-refractivity contribution in [2.45, 2.75) is 136 Å². The summed E-state index contributed by atoms with van der Waals surface area (Å²) in [5.74, 6) is -7.19. The van der Waals surface area contributed by atoms with E-state index in [1.54, 1.807) is 27.7 Å². The zero-order chi connectivity index (χ0) is 34.9. The monoisotopic (exact) mass is 654 g/mol. The third-order valence-corrected chi connectivity index (χ3v) is 9.47. The van der Waals surface area contributed by atoms with E-state index in [0.717, 1.165) is 27.7 Å². The summed E-state index contributed by atoms with van der Waals surface area (Å²) in [6.07, 6.45) is -6.78. The molecule has 14 nitrogen and oxygen atoms in total. The molecule has 0 spiro atoms. The van der Waals surface area contributed by atoms with Gasteiger partial charge in [0.1, 0.15) is 30.5 Å². The Balaban J connectivity index is 2.53. The lowest BCUT2D eigenvalue weighted by Gasteiger charge is -2.59. The van der Waals surface area contributed by atoms with Crippen molar-refractivity contribution in [2.75, 3.05) is 0 Å². The van der Waals surface area contributed by atoms with Crippen LogP contribution in [0.4, 0.5) is 0 Å². The lowest BCUT2D eigenvalue weighted by molar-refractivity contribution is -0.273. The van der Waals surface area contributed by atoms with Gasteiger partial charge in [0.05, 0.1) is 5.41 Å². The fourth-order valence-corrected chi connectivity index (χ4v) is 7.46. The van der Waals surface area contributed by atoms with E-state index < -0.39 is 101 Å². The first-order valence-corrected chi connectivity index (χ1v) is 15.4. The molecule has 3 rings (SSSR count). The predicted octanol–water partition coefficient (Wildman–Crippen LogP) is 1.84. The Bertz CT molecular complexity index is 1270. The van der Waals surface area contributed by atoms with Crippen LogP contribution in [0.3, 0.4) is 0 Å². The van der Waals surface area contributed by atoms with Crippen LogP contribution in [0.25, 0.3) is 0 Å². The summed E-state index contributed by atoms with van der Waals surface area (Å²) in [5, 5.41) is 24.2. The zero-order valence-electron chi connectivity index (χ0n) is 27.8. The maximum atomic E-state index is 13.2. The molecule has 0 aromatic heterocycles. The van der Waals surface area contributed by atoms with Crippen molar-refractivity contribution in [1.82, 2.24) is 0 Å². The highest BCUT2D eigenvalue weighted by atomic mass is 16.6. The quantitative estimate of drug-likeness (QED) is 0.229. The van der Waals surface area contributed by atoms with Gasteiger partial charge in [-0.25, -0.2) is 4.79 Å². The van der Waals surface area contributed by atoms with E-state index in [-0.39, 0.29) is 19.3 Å². The van der Waals surface area contributed by atoms with Gasteiger partial charge in [0.25, 0.3) is 0 Å². The molecule has 3 aliphatic rings. The average molecular weight is 655 g/mol. The first kappa shape index (κ1) is 36.9. The molecule has 1 heterocycles. The molecule has 0 aromatic rings. The minimum absolute atomic E-state index is 0.0312. The Kier molecular flexibility index (Phi) is 11.0. The third-order valence-electron chi connectivity index (χ3n) is 9.47. The minimum Gasteiger partial charge on any atom is -0.462 e. The molecule has 0 bridgehead atoms. The molecule has 11 atom stereocenters. The first-order chi connectivity index (χ1) is 21.2. The molecule has 1 aliphatic heterocycles. The van der Waals surface area contributed by atoms with Crippen LogP contribution >= 0.6 is 0 Å². The maximum Gasteiger partial charge on any atom is 0.341 e. The van der Waals surface area contributed by atoms with Gasteiger partial charge in [0.15, 0.2) is 17.3 Å². The summed E-state index contributed by atoms with van der Waals surface area (Å²) >= 11 is 0.